The van der Waals surface area contributed by atoms with Gasteiger partial charge in [-0.1, -0.05) is 47.6 Å². The summed E-state index contributed by atoms with van der Waals surface area (Å²) in [5.41, 5.74) is 2.24. The molecule has 0 radical (unpaired) electrons. The molecule has 1 N–H and O–H groups in total. The third kappa shape index (κ3) is 4.32. The van der Waals surface area contributed by atoms with E-state index in [0.717, 1.165) is 17.0 Å². The molecule has 0 bridgehead atoms. The third-order valence-electron chi connectivity index (χ3n) is 3.99. The molecule has 0 aliphatic rings. The number of nitrogens with one attached hydrogen (secondary N) is 1. The molecule has 0 aliphatic heterocycles. The van der Waals surface area contributed by atoms with Gasteiger partial charge in [-0.2, -0.15) is 0 Å². The van der Waals surface area contributed by atoms with Gasteiger partial charge in [0.15, 0.2) is 11.0 Å². The second kappa shape index (κ2) is 8.41. The first kappa shape index (κ1) is 19.8. The van der Waals surface area contributed by atoms with Crippen molar-refractivity contribution in [2.24, 2.45) is 7.05 Å². The van der Waals surface area contributed by atoms with E-state index in [0.29, 0.717) is 10.8 Å². The van der Waals surface area contributed by atoms with Crippen molar-refractivity contribution in [1.82, 2.24) is 14.8 Å². The number of aryl methyl sites for hydroxylation is 1. The van der Waals surface area contributed by atoms with E-state index < -0.39 is 4.92 Å². The number of aromatic nitrogens is 3. The number of benzene rings is 2. The van der Waals surface area contributed by atoms with Crippen LogP contribution in [0.1, 0.15) is 5.56 Å². The minimum absolute atomic E-state index is 0.0903. The molecule has 2 aromatic carbocycles. The first-order valence-electron chi connectivity index (χ1n) is 8.19. The molecule has 0 atom stereocenters. The number of nitro benzene ring substituents is 1. The minimum atomic E-state index is -0.548. The van der Waals surface area contributed by atoms with Gasteiger partial charge in [0.2, 0.25) is 5.91 Å². The normalized spacial score (nSPS) is 10.7. The van der Waals surface area contributed by atoms with Crippen molar-refractivity contribution in [3.63, 3.8) is 0 Å². The third-order valence-corrected chi connectivity index (χ3v) is 5.32. The highest BCUT2D eigenvalue weighted by Crippen LogP contribution is 2.28. The molecule has 0 saturated carbocycles. The Morgan fingerprint density at radius 1 is 1.29 bits per heavy atom. The van der Waals surface area contributed by atoms with E-state index in [4.69, 9.17) is 11.6 Å². The lowest BCUT2D eigenvalue weighted by molar-refractivity contribution is -0.384. The fraction of sp³-hybridized carbons (Fsp3) is 0.167. The number of hydrogen-bond acceptors (Lipinski definition) is 6. The van der Waals surface area contributed by atoms with Gasteiger partial charge in [0.1, 0.15) is 0 Å². The van der Waals surface area contributed by atoms with Crippen LogP contribution in [0, 0.1) is 17.0 Å². The Morgan fingerprint density at radius 3 is 2.71 bits per heavy atom. The van der Waals surface area contributed by atoms with Crippen LogP contribution in [0.3, 0.4) is 0 Å². The second-order valence-electron chi connectivity index (χ2n) is 5.94. The number of anilines is 1. The molecular weight excluding hydrogens is 402 g/mol. The average molecular weight is 418 g/mol. The summed E-state index contributed by atoms with van der Waals surface area (Å²) >= 11 is 7.23. The largest absolute Gasteiger partial charge is 0.324 e. The monoisotopic (exact) mass is 417 g/mol. The Balaban J connectivity index is 1.66. The van der Waals surface area contributed by atoms with E-state index in [1.165, 1.54) is 30.0 Å². The fourth-order valence-electron chi connectivity index (χ4n) is 2.53. The molecule has 0 unspecified atom stereocenters. The van der Waals surface area contributed by atoms with E-state index >= 15 is 0 Å². The van der Waals surface area contributed by atoms with Crippen LogP contribution < -0.4 is 5.32 Å². The lowest BCUT2D eigenvalue weighted by Gasteiger charge is -2.08. The SMILES string of the molecule is Cc1ccccc1-c1nnc(SCC(=O)Nc2ccc([N+](=O)[O-])cc2Cl)n1C. The Bertz CT molecular complexity index is 1050. The average Bonchev–Trinajstić information content (AvgIpc) is 3.02. The number of nitro groups is 1. The molecule has 0 saturated heterocycles. The topological polar surface area (TPSA) is 103 Å². The van der Waals surface area contributed by atoms with Crippen LogP contribution in [-0.4, -0.2) is 31.3 Å². The summed E-state index contributed by atoms with van der Waals surface area (Å²) in [6.45, 7) is 2.00. The predicted molar refractivity (Wildman–Crippen MR) is 109 cm³/mol. The van der Waals surface area contributed by atoms with Gasteiger partial charge in [0, 0.05) is 24.7 Å². The van der Waals surface area contributed by atoms with Crippen LogP contribution >= 0.6 is 23.4 Å². The summed E-state index contributed by atoms with van der Waals surface area (Å²) in [6.07, 6.45) is 0. The molecule has 0 spiro atoms. The summed E-state index contributed by atoms with van der Waals surface area (Å²) in [5, 5.41) is 22.5. The van der Waals surface area contributed by atoms with Crippen molar-refractivity contribution >= 4 is 40.6 Å². The number of rotatable bonds is 6. The number of thioether (sulfide) groups is 1. The van der Waals surface area contributed by atoms with Gasteiger partial charge >= 0.3 is 0 Å². The van der Waals surface area contributed by atoms with E-state index in [2.05, 4.69) is 15.5 Å². The molecule has 0 fully saturated rings. The van der Waals surface area contributed by atoms with Crippen LogP contribution in [0.15, 0.2) is 47.6 Å². The molecule has 28 heavy (non-hydrogen) atoms. The summed E-state index contributed by atoms with van der Waals surface area (Å²) in [7, 11) is 1.84. The maximum Gasteiger partial charge on any atom is 0.271 e. The number of halogens is 1. The summed E-state index contributed by atoms with van der Waals surface area (Å²) < 4.78 is 1.83. The first-order valence-corrected chi connectivity index (χ1v) is 9.55. The second-order valence-corrected chi connectivity index (χ2v) is 7.29. The maximum atomic E-state index is 12.2. The van der Waals surface area contributed by atoms with Crippen LogP contribution in [0.4, 0.5) is 11.4 Å². The molecule has 1 aromatic heterocycles. The fourth-order valence-corrected chi connectivity index (χ4v) is 3.47. The van der Waals surface area contributed by atoms with E-state index in [9.17, 15) is 14.9 Å². The van der Waals surface area contributed by atoms with Gasteiger partial charge in [-0.15, -0.1) is 10.2 Å². The molecule has 144 valence electrons. The summed E-state index contributed by atoms with van der Waals surface area (Å²) in [4.78, 5) is 22.4. The lowest BCUT2D eigenvalue weighted by atomic mass is 10.1. The van der Waals surface area contributed by atoms with Gasteiger partial charge in [0.05, 0.1) is 21.4 Å². The number of hydrogen-bond donors (Lipinski definition) is 1. The Labute approximate surface area is 170 Å². The zero-order valence-electron chi connectivity index (χ0n) is 15.0. The molecule has 3 aromatic rings. The zero-order valence-corrected chi connectivity index (χ0v) is 16.6. The predicted octanol–water partition coefficient (Wildman–Crippen LogP) is 4.08. The van der Waals surface area contributed by atoms with Crippen LogP contribution in [0.5, 0.6) is 0 Å². The first-order chi connectivity index (χ1) is 13.4. The summed E-state index contributed by atoms with van der Waals surface area (Å²) in [6, 6.07) is 11.7. The number of carbonyl (C=O) groups is 1. The molecule has 1 heterocycles. The smallest absolute Gasteiger partial charge is 0.271 e. The van der Waals surface area contributed by atoms with E-state index in [1.807, 2.05) is 42.8 Å². The lowest BCUT2D eigenvalue weighted by Crippen LogP contribution is -2.14. The highest BCUT2D eigenvalue weighted by Gasteiger charge is 2.15. The van der Waals surface area contributed by atoms with Crippen molar-refractivity contribution in [2.75, 3.05) is 11.1 Å². The Kier molecular flexibility index (Phi) is 5.96. The van der Waals surface area contributed by atoms with Gasteiger partial charge in [-0.25, -0.2) is 0 Å². The van der Waals surface area contributed by atoms with E-state index in [-0.39, 0.29) is 22.4 Å². The molecule has 0 aliphatic carbocycles. The van der Waals surface area contributed by atoms with Gasteiger partial charge < -0.3 is 9.88 Å². The van der Waals surface area contributed by atoms with E-state index in [1.54, 1.807) is 0 Å². The van der Waals surface area contributed by atoms with Crippen LogP contribution in [0.2, 0.25) is 5.02 Å². The highest BCUT2D eigenvalue weighted by atomic mass is 35.5. The van der Waals surface area contributed by atoms with Crippen molar-refractivity contribution in [1.29, 1.82) is 0 Å². The number of amides is 1. The molecule has 10 heteroatoms. The molecule has 8 nitrogen and oxygen atoms in total. The Hall–Kier alpha value is -2.91. The number of non-ortho nitro benzene ring substituents is 1. The highest BCUT2D eigenvalue weighted by molar-refractivity contribution is 7.99. The zero-order chi connectivity index (χ0) is 20.3. The molecule has 3 rings (SSSR count). The molecule has 1 amide bonds. The van der Waals surface area contributed by atoms with Crippen LogP contribution in [-0.2, 0) is 11.8 Å². The van der Waals surface area contributed by atoms with Crippen LogP contribution in [0.25, 0.3) is 11.4 Å². The van der Waals surface area contributed by atoms with Gasteiger partial charge in [0.25, 0.3) is 5.69 Å². The van der Waals surface area contributed by atoms with Crippen molar-refractivity contribution in [2.45, 2.75) is 12.1 Å². The number of carbonyl (C=O) groups excluding carboxylic acids is 1. The van der Waals surface area contributed by atoms with Gasteiger partial charge in [-0.05, 0) is 18.6 Å². The summed E-state index contributed by atoms with van der Waals surface area (Å²) in [5.74, 6) is 0.508. The van der Waals surface area contributed by atoms with Gasteiger partial charge in [-0.3, -0.25) is 14.9 Å². The van der Waals surface area contributed by atoms with Crippen molar-refractivity contribution in [3.8, 4) is 11.4 Å². The van der Waals surface area contributed by atoms with Crippen molar-refractivity contribution in [3.05, 3.63) is 63.2 Å². The van der Waals surface area contributed by atoms with Crippen molar-refractivity contribution < 1.29 is 9.72 Å². The minimum Gasteiger partial charge on any atom is -0.324 e. The quantitative estimate of drug-likeness (QED) is 0.368. The standard InChI is InChI=1S/C18H16ClN5O3S/c1-11-5-3-4-6-13(11)17-21-22-18(23(17)2)28-10-16(25)20-15-8-7-12(24(26)27)9-14(15)19/h3-9H,10H2,1-2H3,(H,20,25). The Morgan fingerprint density at radius 2 is 2.04 bits per heavy atom. The maximum absolute atomic E-state index is 12.2. The number of nitrogens with zero attached hydrogens (tertiary/aromatic N) is 4. The molecular formula is C18H16ClN5O3S.